The number of hydrogen-bond donors (Lipinski definition) is 1. The molecule has 0 spiro atoms. The number of carbonyl (C=O) groups excluding carboxylic acids is 3. The largest absolute Gasteiger partial charge is 0.384 e. The Balaban J connectivity index is 1.92. The lowest BCUT2D eigenvalue weighted by Crippen LogP contribution is -2.37. The van der Waals surface area contributed by atoms with Crippen LogP contribution in [0.3, 0.4) is 0 Å². The first-order chi connectivity index (χ1) is 12.1. The average molecular weight is 336 g/mol. The van der Waals surface area contributed by atoms with Crippen LogP contribution in [0, 0.1) is 11.8 Å². The van der Waals surface area contributed by atoms with Gasteiger partial charge < -0.3 is 10.6 Å². The standard InChI is InChI=1S/C19H16N2O4/c20-18-16(19(24)25-21-18)14(17(23)13-9-5-2-6-10-13)11-15(22)12-7-3-1-4-8-12/h1-10,14,16H,11H2,(H2,20,21). The van der Waals surface area contributed by atoms with Crippen molar-refractivity contribution in [1.82, 2.24) is 0 Å². The Kier molecular flexibility index (Phi) is 4.70. The Morgan fingerprint density at radius 2 is 1.56 bits per heavy atom. The van der Waals surface area contributed by atoms with E-state index in [1.165, 1.54) is 0 Å². The molecule has 0 radical (unpaired) electrons. The van der Waals surface area contributed by atoms with Crippen LogP contribution < -0.4 is 5.73 Å². The fourth-order valence-corrected chi connectivity index (χ4v) is 2.82. The summed E-state index contributed by atoms with van der Waals surface area (Å²) in [7, 11) is 0. The van der Waals surface area contributed by atoms with Crippen molar-refractivity contribution >= 4 is 23.4 Å². The van der Waals surface area contributed by atoms with Crippen LogP contribution in [0.2, 0.25) is 0 Å². The fraction of sp³-hybridized carbons (Fsp3) is 0.158. The van der Waals surface area contributed by atoms with E-state index in [4.69, 9.17) is 5.73 Å². The highest BCUT2D eigenvalue weighted by molar-refractivity contribution is 6.12. The first-order valence-corrected chi connectivity index (χ1v) is 7.79. The van der Waals surface area contributed by atoms with Crippen molar-refractivity contribution in [3.63, 3.8) is 0 Å². The molecule has 6 heteroatoms. The highest BCUT2D eigenvalue weighted by Crippen LogP contribution is 2.27. The Morgan fingerprint density at radius 1 is 1.00 bits per heavy atom. The predicted molar refractivity (Wildman–Crippen MR) is 90.9 cm³/mol. The molecule has 3 rings (SSSR count). The van der Waals surface area contributed by atoms with Gasteiger partial charge in [-0.25, -0.2) is 4.79 Å². The fourth-order valence-electron chi connectivity index (χ4n) is 2.82. The van der Waals surface area contributed by atoms with Crippen LogP contribution in [0.4, 0.5) is 0 Å². The van der Waals surface area contributed by atoms with Crippen molar-refractivity contribution in [1.29, 1.82) is 0 Å². The maximum atomic E-state index is 12.9. The summed E-state index contributed by atoms with van der Waals surface area (Å²) in [6.45, 7) is 0. The lowest BCUT2D eigenvalue weighted by molar-refractivity contribution is -0.144. The minimum absolute atomic E-state index is 0.0832. The van der Waals surface area contributed by atoms with Crippen molar-refractivity contribution in [2.24, 2.45) is 22.7 Å². The van der Waals surface area contributed by atoms with E-state index in [0.717, 1.165) is 0 Å². The maximum Gasteiger partial charge on any atom is 0.346 e. The van der Waals surface area contributed by atoms with Crippen molar-refractivity contribution in [2.75, 3.05) is 0 Å². The molecule has 2 N–H and O–H groups in total. The molecule has 126 valence electrons. The molecular weight excluding hydrogens is 320 g/mol. The van der Waals surface area contributed by atoms with Crippen molar-refractivity contribution in [3.8, 4) is 0 Å². The molecule has 0 amide bonds. The Bertz CT molecular complexity index is 831. The van der Waals surface area contributed by atoms with E-state index < -0.39 is 17.8 Å². The smallest absolute Gasteiger partial charge is 0.346 e. The molecule has 0 saturated heterocycles. The zero-order chi connectivity index (χ0) is 17.8. The van der Waals surface area contributed by atoms with E-state index in [-0.39, 0.29) is 23.8 Å². The highest BCUT2D eigenvalue weighted by atomic mass is 16.7. The lowest BCUT2D eigenvalue weighted by Gasteiger charge is -2.19. The third kappa shape index (κ3) is 3.47. The van der Waals surface area contributed by atoms with Crippen molar-refractivity contribution < 1.29 is 19.2 Å². The van der Waals surface area contributed by atoms with Gasteiger partial charge in [-0.1, -0.05) is 65.8 Å². The van der Waals surface area contributed by atoms with Crippen LogP contribution in [0.15, 0.2) is 65.8 Å². The zero-order valence-electron chi connectivity index (χ0n) is 13.3. The number of hydrogen-bond acceptors (Lipinski definition) is 6. The molecule has 0 saturated carbocycles. The molecule has 0 aliphatic carbocycles. The molecule has 1 aliphatic heterocycles. The summed E-state index contributed by atoms with van der Waals surface area (Å²) < 4.78 is 0. The predicted octanol–water partition coefficient (Wildman–Crippen LogP) is 2.20. The number of ketones is 2. The first kappa shape index (κ1) is 16.6. The van der Waals surface area contributed by atoms with E-state index >= 15 is 0 Å². The first-order valence-electron chi connectivity index (χ1n) is 7.79. The molecule has 2 unspecified atom stereocenters. The van der Waals surface area contributed by atoms with Crippen LogP contribution in [0.5, 0.6) is 0 Å². The molecule has 0 fully saturated rings. The van der Waals surface area contributed by atoms with Crippen LogP contribution in [0.1, 0.15) is 27.1 Å². The quantitative estimate of drug-likeness (QED) is 0.644. The molecule has 2 aromatic carbocycles. The molecule has 1 aliphatic rings. The van der Waals surface area contributed by atoms with Gasteiger partial charge in [0.1, 0.15) is 5.92 Å². The zero-order valence-corrected chi connectivity index (χ0v) is 13.3. The van der Waals surface area contributed by atoms with Crippen LogP contribution in [-0.2, 0) is 9.63 Å². The van der Waals surface area contributed by atoms with E-state index in [0.29, 0.717) is 11.1 Å². The minimum Gasteiger partial charge on any atom is -0.384 e. The normalized spacial score (nSPS) is 17.5. The SMILES string of the molecule is NC1=NOC(=O)C1C(CC(=O)c1ccccc1)C(=O)c1ccccc1. The summed E-state index contributed by atoms with van der Waals surface area (Å²) in [4.78, 5) is 42.1. The van der Waals surface area contributed by atoms with E-state index in [9.17, 15) is 14.4 Å². The summed E-state index contributed by atoms with van der Waals surface area (Å²) >= 11 is 0. The third-order valence-corrected chi connectivity index (χ3v) is 4.11. The Hall–Kier alpha value is -3.28. The van der Waals surface area contributed by atoms with Gasteiger partial charge in [0.25, 0.3) is 0 Å². The van der Waals surface area contributed by atoms with Crippen LogP contribution in [0.25, 0.3) is 0 Å². The topological polar surface area (TPSA) is 98.8 Å². The summed E-state index contributed by atoms with van der Waals surface area (Å²) in [5.41, 5.74) is 6.61. The van der Waals surface area contributed by atoms with Crippen LogP contribution >= 0.6 is 0 Å². The highest BCUT2D eigenvalue weighted by Gasteiger charge is 2.43. The van der Waals surface area contributed by atoms with Gasteiger partial charge in [0, 0.05) is 17.5 Å². The summed E-state index contributed by atoms with van der Waals surface area (Å²) in [6.07, 6.45) is -0.159. The number of benzene rings is 2. The van der Waals surface area contributed by atoms with E-state index in [1.54, 1.807) is 60.7 Å². The van der Waals surface area contributed by atoms with Gasteiger partial charge in [0.2, 0.25) is 0 Å². The van der Waals surface area contributed by atoms with Crippen molar-refractivity contribution in [3.05, 3.63) is 71.8 Å². The second-order valence-electron chi connectivity index (χ2n) is 5.73. The van der Waals surface area contributed by atoms with Gasteiger partial charge >= 0.3 is 5.97 Å². The number of amidine groups is 1. The number of Topliss-reactive ketones (excluding diaryl/α,β-unsaturated/α-hetero) is 2. The number of nitrogens with zero attached hydrogens (tertiary/aromatic N) is 1. The van der Waals surface area contributed by atoms with Gasteiger partial charge in [-0.3, -0.25) is 9.59 Å². The van der Waals surface area contributed by atoms with Gasteiger partial charge in [0.05, 0.1) is 5.92 Å². The molecule has 6 nitrogen and oxygen atoms in total. The minimum atomic E-state index is -1.06. The number of nitrogens with two attached hydrogens (primary N) is 1. The maximum absolute atomic E-state index is 12.9. The molecule has 25 heavy (non-hydrogen) atoms. The Morgan fingerprint density at radius 3 is 2.08 bits per heavy atom. The molecule has 2 aromatic rings. The molecule has 0 bridgehead atoms. The number of oxime groups is 1. The summed E-state index contributed by atoms with van der Waals surface area (Å²) in [5, 5.41) is 3.46. The summed E-state index contributed by atoms with van der Waals surface area (Å²) in [6, 6.07) is 17.1. The van der Waals surface area contributed by atoms with E-state index in [2.05, 4.69) is 9.99 Å². The Labute approximate surface area is 144 Å². The molecule has 2 atom stereocenters. The van der Waals surface area contributed by atoms with Gasteiger partial charge in [-0.2, -0.15) is 0 Å². The van der Waals surface area contributed by atoms with Crippen molar-refractivity contribution in [2.45, 2.75) is 6.42 Å². The van der Waals surface area contributed by atoms with E-state index in [1.807, 2.05) is 0 Å². The second-order valence-corrected chi connectivity index (χ2v) is 5.73. The molecule has 0 aromatic heterocycles. The van der Waals surface area contributed by atoms with Crippen LogP contribution in [-0.4, -0.2) is 23.4 Å². The monoisotopic (exact) mass is 336 g/mol. The second kappa shape index (κ2) is 7.09. The van der Waals surface area contributed by atoms with Gasteiger partial charge in [-0.15, -0.1) is 0 Å². The number of carbonyl (C=O) groups is 3. The summed E-state index contributed by atoms with van der Waals surface area (Å²) in [5.74, 6) is -3.41. The van der Waals surface area contributed by atoms with Gasteiger partial charge in [0.15, 0.2) is 17.4 Å². The number of rotatable bonds is 6. The lowest BCUT2D eigenvalue weighted by atomic mass is 9.80. The third-order valence-electron chi connectivity index (χ3n) is 4.11. The average Bonchev–Trinajstić information content (AvgIpc) is 2.99. The molecular formula is C19H16N2O4. The molecule has 1 heterocycles. The van der Waals surface area contributed by atoms with Gasteiger partial charge in [-0.05, 0) is 0 Å².